The predicted molar refractivity (Wildman–Crippen MR) is 49.5 cm³/mol. The Morgan fingerprint density at radius 3 is 2.31 bits per heavy atom. The molecule has 2 atom stereocenters. The fraction of sp³-hybridized carbons (Fsp3) is 0.600. The zero-order valence-electron chi connectivity index (χ0n) is 8.20. The van der Waals surface area contributed by atoms with Gasteiger partial charge in [-0.1, -0.05) is 6.92 Å². The topological polar surface area (TPSA) is 46.0 Å². The molecule has 1 aromatic rings. The summed E-state index contributed by atoms with van der Waals surface area (Å²) in [7, 11) is 0. The van der Waals surface area contributed by atoms with Crippen molar-refractivity contribution in [3.63, 3.8) is 0 Å². The van der Waals surface area contributed by atoms with Gasteiger partial charge >= 0.3 is 0 Å². The number of hydrogen-bond acceptors (Lipinski definition) is 3. The molecule has 0 saturated heterocycles. The molecule has 1 aliphatic rings. The summed E-state index contributed by atoms with van der Waals surface area (Å²) in [5.41, 5.74) is 3.66. The molecule has 2 rings (SSSR count). The van der Waals surface area contributed by atoms with Gasteiger partial charge in [-0.3, -0.25) is 9.97 Å². The lowest BCUT2D eigenvalue weighted by Gasteiger charge is -2.06. The maximum Gasteiger partial charge on any atom is 0.0984 e. The van der Waals surface area contributed by atoms with Crippen molar-refractivity contribution in [3.8, 4) is 0 Å². The number of fused-ring (bicyclic) bond motifs is 1. The molecule has 1 aromatic heterocycles. The van der Waals surface area contributed by atoms with Gasteiger partial charge in [0.15, 0.2) is 0 Å². The number of aryl methyl sites for hydroxylation is 2. The second kappa shape index (κ2) is 2.77. The summed E-state index contributed by atoms with van der Waals surface area (Å²) in [4.78, 5) is 8.83. The van der Waals surface area contributed by atoms with Gasteiger partial charge in [-0.25, -0.2) is 0 Å². The van der Waals surface area contributed by atoms with Gasteiger partial charge < -0.3 is 5.11 Å². The Kier molecular flexibility index (Phi) is 1.84. The quantitative estimate of drug-likeness (QED) is 0.656. The summed E-state index contributed by atoms with van der Waals surface area (Å²) in [6.45, 7) is 5.97. The molecule has 2 unspecified atom stereocenters. The highest BCUT2D eigenvalue weighted by molar-refractivity contribution is 5.28. The highest BCUT2D eigenvalue weighted by Gasteiger charge is 2.29. The van der Waals surface area contributed by atoms with Gasteiger partial charge in [0.2, 0.25) is 0 Å². The van der Waals surface area contributed by atoms with E-state index in [9.17, 15) is 5.11 Å². The van der Waals surface area contributed by atoms with Crippen LogP contribution < -0.4 is 0 Å². The minimum atomic E-state index is -0.406. The maximum atomic E-state index is 9.66. The third-order valence-electron chi connectivity index (χ3n) is 2.72. The zero-order valence-corrected chi connectivity index (χ0v) is 8.20. The van der Waals surface area contributed by atoms with Crippen molar-refractivity contribution in [1.82, 2.24) is 9.97 Å². The molecule has 1 N–H and O–H groups in total. The number of nitrogens with zero attached hydrogens (tertiary/aromatic N) is 2. The smallest absolute Gasteiger partial charge is 0.0984 e. The summed E-state index contributed by atoms with van der Waals surface area (Å²) in [6, 6.07) is 0. The van der Waals surface area contributed by atoms with Crippen LogP contribution >= 0.6 is 0 Å². The largest absolute Gasteiger partial charge is 0.387 e. The van der Waals surface area contributed by atoms with E-state index in [1.54, 1.807) is 0 Å². The van der Waals surface area contributed by atoms with Crippen LogP contribution in [0.1, 0.15) is 48.1 Å². The molecule has 3 heteroatoms. The van der Waals surface area contributed by atoms with Gasteiger partial charge in [0.25, 0.3) is 0 Å². The van der Waals surface area contributed by atoms with Crippen LogP contribution in [0.5, 0.6) is 0 Å². The Balaban J connectivity index is 2.58. The monoisotopic (exact) mass is 178 g/mol. The molecule has 0 spiro atoms. The summed E-state index contributed by atoms with van der Waals surface area (Å²) in [5.74, 6) is 0.344. The van der Waals surface area contributed by atoms with Crippen molar-refractivity contribution in [2.75, 3.05) is 0 Å². The first kappa shape index (κ1) is 8.63. The van der Waals surface area contributed by atoms with Crippen LogP contribution in [0.3, 0.4) is 0 Å². The van der Waals surface area contributed by atoms with Gasteiger partial charge in [0.1, 0.15) is 0 Å². The van der Waals surface area contributed by atoms with Gasteiger partial charge in [0.05, 0.1) is 28.9 Å². The Labute approximate surface area is 77.8 Å². The normalized spacial score (nSPS) is 26.2. The Morgan fingerprint density at radius 2 is 1.69 bits per heavy atom. The van der Waals surface area contributed by atoms with E-state index in [-0.39, 0.29) is 0 Å². The highest BCUT2D eigenvalue weighted by Crippen LogP contribution is 2.37. The van der Waals surface area contributed by atoms with E-state index in [4.69, 9.17) is 0 Å². The molecule has 0 saturated carbocycles. The molecule has 0 aliphatic heterocycles. The van der Waals surface area contributed by atoms with Crippen molar-refractivity contribution in [1.29, 1.82) is 0 Å². The molecule has 0 bridgehead atoms. The minimum Gasteiger partial charge on any atom is -0.387 e. The van der Waals surface area contributed by atoms with Crippen LogP contribution in [-0.2, 0) is 0 Å². The van der Waals surface area contributed by atoms with Gasteiger partial charge in [0, 0.05) is 5.92 Å². The molecule has 70 valence electrons. The second-order valence-electron chi connectivity index (χ2n) is 3.82. The van der Waals surface area contributed by atoms with Crippen LogP contribution in [0.25, 0.3) is 0 Å². The van der Waals surface area contributed by atoms with Crippen LogP contribution in [0, 0.1) is 13.8 Å². The molecule has 0 radical (unpaired) electrons. The molecule has 1 heterocycles. The standard InChI is InChI=1S/C10H14N2O/c1-5-4-8(13)10-9(5)11-6(2)7(3)12-10/h5,8,13H,4H2,1-3H3. The number of aromatic nitrogens is 2. The molecule has 0 fully saturated rings. The number of aliphatic hydroxyl groups excluding tert-OH is 1. The number of aliphatic hydroxyl groups is 1. The third-order valence-corrected chi connectivity index (χ3v) is 2.72. The average molecular weight is 178 g/mol. The first-order valence-electron chi connectivity index (χ1n) is 4.62. The maximum absolute atomic E-state index is 9.66. The van der Waals surface area contributed by atoms with E-state index < -0.39 is 6.10 Å². The zero-order chi connectivity index (χ0) is 9.59. The molecule has 3 nitrogen and oxygen atoms in total. The lowest BCUT2D eigenvalue weighted by Crippen LogP contribution is -2.02. The van der Waals surface area contributed by atoms with Crippen molar-refractivity contribution >= 4 is 0 Å². The Bertz CT molecular complexity index is 316. The van der Waals surface area contributed by atoms with E-state index in [1.165, 1.54) is 0 Å². The van der Waals surface area contributed by atoms with Crippen molar-refractivity contribution < 1.29 is 5.11 Å². The van der Waals surface area contributed by atoms with E-state index in [2.05, 4.69) is 16.9 Å². The molecule has 0 aromatic carbocycles. The van der Waals surface area contributed by atoms with E-state index in [0.717, 1.165) is 29.2 Å². The van der Waals surface area contributed by atoms with Gasteiger partial charge in [-0.15, -0.1) is 0 Å². The lowest BCUT2D eigenvalue weighted by molar-refractivity contribution is 0.170. The van der Waals surface area contributed by atoms with Crippen molar-refractivity contribution in [2.24, 2.45) is 0 Å². The van der Waals surface area contributed by atoms with Gasteiger partial charge in [-0.05, 0) is 20.3 Å². The fourth-order valence-corrected chi connectivity index (χ4v) is 1.80. The number of rotatable bonds is 0. The first-order valence-corrected chi connectivity index (χ1v) is 4.62. The molecular formula is C10H14N2O. The highest BCUT2D eigenvalue weighted by atomic mass is 16.3. The van der Waals surface area contributed by atoms with Gasteiger partial charge in [-0.2, -0.15) is 0 Å². The van der Waals surface area contributed by atoms with Crippen LogP contribution in [0.2, 0.25) is 0 Å². The second-order valence-corrected chi connectivity index (χ2v) is 3.82. The Morgan fingerprint density at radius 1 is 1.15 bits per heavy atom. The van der Waals surface area contributed by atoms with Crippen LogP contribution in [0.4, 0.5) is 0 Å². The van der Waals surface area contributed by atoms with Crippen LogP contribution in [0.15, 0.2) is 0 Å². The molecule has 13 heavy (non-hydrogen) atoms. The van der Waals surface area contributed by atoms with Crippen LogP contribution in [-0.4, -0.2) is 15.1 Å². The lowest BCUT2D eigenvalue weighted by atomic mass is 10.1. The Hall–Kier alpha value is -0.960. The molecular weight excluding hydrogens is 164 g/mol. The third kappa shape index (κ3) is 1.23. The minimum absolute atomic E-state index is 0.344. The van der Waals surface area contributed by atoms with E-state index >= 15 is 0 Å². The summed E-state index contributed by atoms with van der Waals surface area (Å²) >= 11 is 0. The van der Waals surface area contributed by atoms with E-state index in [1.807, 2.05) is 13.8 Å². The van der Waals surface area contributed by atoms with Crippen molar-refractivity contribution in [2.45, 2.75) is 39.2 Å². The SMILES string of the molecule is Cc1nc2c(nc1C)C(O)CC2C. The van der Waals surface area contributed by atoms with E-state index in [0.29, 0.717) is 5.92 Å². The molecule has 0 amide bonds. The number of hydrogen-bond donors (Lipinski definition) is 1. The fourth-order valence-electron chi connectivity index (χ4n) is 1.80. The average Bonchev–Trinajstić information content (AvgIpc) is 2.31. The summed E-state index contributed by atoms with van der Waals surface area (Å²) in [6.07, 6.45) is 0.356. The summed E-state index contributed by atoms with van der Waals surface area (Å²) < 4.78 is 0. The predicted octanol–water partition coefficient (Wildman–Crippen LogP) is 1.63. The van der Waals surface area contributed by atoms with Crippen molar-refractivity contribution in [3.05, 3.63) is 22.8 Å². The molecule has 1 aliphatic carbocycles. The first-order chi connectivity index (χ1) is 6.09. The summed E-state index contributed by atoms with van der Waals surface area (Å²) in [5, 5.41) is 9.66.